The molecule has 48 heavy (non-hydrogen) atoms. The predicted molar refractivity (Wildman–Crippen MR) is 186 cm³/mol. The van der Waals surface area contributed by atoms with Gasteiger partial charge in [0.05, 0.1) is 52.3 Å². The number of ether oxygens (including phenoxy) is 5. The summed E-state index contributed by atoms with van der Waals surface area (Å²) < 4.78 is 29.5. The van der Waals surface area contributed by atoms with E-state index in [0.29, 0.717) is 50.7 Å². The second-order valence-corrected chi connectivity index (χ2v) is 11.5. The summed E-state index contributed by atoms with van der Waals surface area (Å²) in [5.41, 5.74) is 4.07. The Morgan fingerprint density at radius 2 is 1.58 bits per heavy atom. The van der Waals surface area contributed by atoms with Crippen molar-refractivity contribution >= 4 is 33.7 Å². The van der Waals surface area contributed by atoms with Crippen LogP contribution in [0.5, 0.6) is 23.0 Å². The van der Waals surface area contributed by atoms with Gasteiger partial charge in [0.15, 0.2) is 11.5 Å². The fraction of sp³-hybridized carbons (Fsp3) is 0.342. The molecule has 5 rings (SSSR count). The first kappa shape index (κ1) is 34.1. The zero-order valence-corrected chi connectivity index (χ0v) is 28.4. The fourth-order valence-electron chi connectivity index (χ4n) is 6.07. The summed E-state index contributed by atoms with van der Waals surface area (Å²) in [7, 11) is 7.50. The number of hydrogen-bond acceptors (Lipinski definition) is 8. The van der Waals surface area contributed by atoms with E-state index in [0.717, 1.165) is 35.9 Å². The van der Waals surface area contributed by atoms with E-state index in [1.165, 1.54) is 41.3 Å². The van der Waals surface area contributed by atoms with Gasteiger partial charge in [-0.3, -0.25) is 4.79 Å². The predicted octanol–water partition coefficient (Wildman–Crippen LogP) is 6.99. The van der Waals surface area contributed by atoms with Crippen molar-refractivity contribution in [2.45, 2.75) is 51.6 Å². The summed E-state index contributed by atoms with van der Waals surface area (Å²) in [5, 5.41) is 4.58. The second-order valence-electron chi connectivity index (χ2n) is 11.5. The number of esters is 1. The number of nitrogens with one attached hydrogen (secondary N) is 1. The van der Waals surface area contributed by atoms with Gasteiger partial charge >= 0.3 is 5.97 Å². The number of para-hydroxylation sites is 1. The SMILES string of the molecule is CCCCCCn1cc(CC(NC(=O)c2cc(-c3cc(OC)c(OC)c(OC)c3)nc3ccc(OC)cc23)C(=O)OC)c2ccccc21. The van der Waals surface area contributed by atoms with Crippen LogP contribution in [-0.4, -0.2) is 63.0 Å². The van der Waals surface area contributed by atoms with Crippen LogP contribution in [0.2, 0.25) is 0 Å². The third-order valence-electron chi connectivity index (χ3n) is 8.56. The molecular formula is C38H43N3O7. The lowest BCUT2D eigenvalue weighted by atomic mass is 10.0. The maximum atomic E-state index is 14.2. The standard InChI is InChI=1S/C38H43N3O7/c1-7-8-9-12-17-41-23-25(27-13-10-11-14-33(27)41)18-32(38(43)48-6)40-37(42)29-22-31(39-30-16-15-26(44-2)21-28(29)30)24-19-34(45-3)36(47-5)35(20-24)46-4/h10-11,13-16,19-23,32H,7-9,12,17-18H2,1-6H3,(H,40,42). The highest BCUT2D eigenvalue weighted by molar-refractivity contribution is 6.08. The third-order valence-corrected chi connectivity index (χ3v) is 8.56. The van der Waals surface area contributed by atoms with Crippen LogP contribution in [0.4, 0.5) is 0 Å². The molecule has 0 aliphatic heterocycles. The van der Waals surface area contributed by atoms with Crippen LogP contribution in [0, 0.1) is 0 Å². The number of carbonyl (C=O) groups excluding carboxylic acids is 2. The van der Waals surface area contributed by atoms with E-state index < -0.39 is 17.9 Å². The Labute approximate surface area is 280 Å². The first-order chi connectivity index (χ1) is 23.3. The Hall–Kier alpha value is -5.25. The van der Waals surface area contributed by atoms with Crippen LogP contribution in [0.3, 0.4) is 0 Å². The van der Waals surface area contributed by atoms with Gasteiger partial charge in [0, 0.05) is 41.0 Å². The third kappa shape index (κ3) is 7.17. The zero-order chi connectivity index (χ0) is 34.2. The number of aromatic nitrogens is 2. The minimum Gasteiger partial charge on any atom is -0.497 e. The van der Waals surface area contributed by atoms with Crippen molar-refractivity contribution in [1.29, 1.82) is 0 Å². The average Bonchev–Trinajstić information content (AvgIpc) is 3.47. The van der Waals surface area contributed by atoms with Crippen LogP contribution in [0.1, 0.15) is 48.5 Å². The summed E-state index contributed by atoms with van der Waals surface area (Å²) >= 11 is 0. The van der Waals surface area contributed by atoms with Gasteiger partial charge in [-0.25, -0.2) is 9.78 Å². The summed E-state index contributed by atoms with van der Waals surface area (Å²) in [5.74, 6) is 0.909. The Bertz CT molecular complexity index is 1890. The molecule has 252 valence electrons. The normalized spacial score (nSPS) is 11.7. The highest BCUT2D eigenvalue weighted by Crippen LogP contribution is 2.41. The minimum absolute atomic E-state index is 0.257. The molecule has 0 bridgehead atoms. The number of rotatable bonds is 15. The highest BCUT2D eigenvalue weighted by atomic mass is 16.5. The van der Waals surface area contributed by atoms with Crippen LogP contribution >= 0.6 is 0 Å². The number of aryl methyl sites for hydroxylation is 1. The second kappa shape index (κ2) is 15.6. The molecule has 1 atom stereocenters. The molecule has 0 saturated carbocycles. The molecule has 1 unspecified atom stereocenters. The number of carbonyl (C=O) groups is 2. The van der Waals surface area contributed by atoms with E-state index in [-0.39, 0.29) is 6.42 Å². The van der Waals surface area contributed by atoms with E-state index >= 15 is 0 Å². The van der Waals surface area contributed by atoms with Gasteiger partial charge in [-0.15, -0.1) is 0 Å². The molecule has 5 aromatic rings. The molecule has 1 N–H and O–H groups in total. The zero-order valence-electron chi connectivity index (χ0n) is 28.4. The summed E-state index contributed by atoms with van der Waals surface area (Å²) in [6, 6.07) is 17.8. The number of nitrogens with zero attached hydrogens (tertiary/aromatic N) is 2. The number of fused-ring (bicyclic) bond motifs is 2. The molecule has 1 amide bonds. The molecule has 0 spiro atoms. The first-order valence-corrected chi connectivity index (χ1v) is 16.1. The van der Waals surface area contributed by atoms with Crippen LogP contribution in [-0.2, 0) is 22.5 Å². The van der Waals surface area contributed by atoms with Crippen molar-refractivity contribution in [3.8, 4) is 34.3 Å². The van der Waals surface area contributed by atoms with Crippen LogP contribution in [0.15, 0.2) is 66.9 Å². The molecule has 2 heterocycles. The average molecular weight is 654 g/mol. The smallest absolute Gasteiger partial charge is 0.328 e. The number of unbranched alkanes of at least 4 members (excludes halogenated alkanes) is 3. The van der Waals surface area contributed by atoms with Gasteiger partial charge < -0.3 is 33.6 Å². The van der Waals surface area contributed by atoms with Crippen molar-refractivity contribution in [2.75, 3.05) is 35.5 Å². The molecule has 0 aliphatic rings. The number of benzene rings is 3. The van der Waals surface area contributed by atoms with Crippen molar-refractivity contribution in [3.05, 3.63) is 78.0 Å². The molecule has 10 nitrogen and oxygen atoms in total. The summed E-state index contributed by atoms with van der Waals surface area (Å²) in [4.78, 5) is 32.3. The monoisotopic (exact) mass is 653 g/mol. The van der Waals surface area contributed by atoms with Gasteiger partial charge in [0.25, 0.3) is 5.91 Å². The van der Waals surface area contributed by atoms with E-state index in [9.17, 15) is 9.59 Å². The van der Waals surface area contributed by atoms with Crippen molar-refractivity contribution in [1.82, 2.24) is 14.9 Å². The Balaban J connectivity index is 1.54. The first-order valence-electron chi connectivity index (χ1n) is 16.1. The van der Waals surface area contributed by atoms with E-state index in [2.05, 4.69) is 35.1 Å². The molecule has 2 aromatic heterocycles. The van der Waals surface area contributed by atoms with E-state index in [1.54, 1.807) is 43.5 Å². The minimum atomic E-state index is -0.944. The molecule has 10 heteroatoms. The lowest BCUT2D eigenvalue weighted by molar-refractivity contribution is -0.142. The van der Waals surface area contributed by atoms with Gasteiger partial charge in [0.2, 0.25) is 5.75 Å². The Morgan fingerprint density at radius 1 is 0.833 bits per heavy atom. The van der Waals surface area contributed by atoms with Crippen molar-refractivity contribution < 1.29 is 33.3 Å². The van der Waals surface area contributed by atoms with Gasteiger partial charge in [0.1, 0.15) is 11.8 Å². The molecule has 0 radical (unpaired) electrons. The Morgan fingerprint density at radius 3 is 2.25 bits per heavy atom. The van der Waals surface area contributed by atoms with Crippen LogP contribution < -0.4 is 24.3 Å². The summed E-state index contributed by atoms with van der Waals surface area (Å²) in [6.07, 6.45) is 6.93. The van der Waals surface area contributed by atoms with Crippen molar-refractivity contribution in [3.63, 3.8) is 0 Å². The van der Waals surface area contributed by atoms with Crippen LogP contribution in [0.25, 0.3) is 33.1 Å². The maximum Gasteiger partial charge on any atom is 0.328 e. The van der Waals surface area contributed by atoms with E-state index in [1.807, 2.05) is 12.1 Å². The Kier molecular flexibility index (Phi) is 11.1. The summed E-state index contributed by atoms with van der Waals surface area (Å²) in [6.45, 7) is 3.08. The molecule has 3 aromatic carbocycles. The fourth-order valence-corrected chi connectivity index (χ4v) is 6.07. The quantitative estimate of drug-likeness (QED) is 0.0952. The number of methoxy groups -OCH3 is 5. The lowest BCUT2D eigenvalue weighted by Crippen LogP contribution is -2.43. The molecule has 0 fully saturated rings. The highest BCUT2D eigenvalue weighted by Gasteiger charge is 2.26. The number of hydrogen-bond donors (Lipinski definition) is 1. The molecular weight excluding hydrogens is 610 g/mol. The number of amides is 1. The number of pyridine rings is 1. The van der Waals surface area contributed by atoms with Gasteiger partial charge in [-0.05, 0) is 54.4 Å². The lowest BCUT2D eigenvalue weighted by Gasteiger charge is -2.18. The van der Waals surface area contributed by atoms with E-state index in [4.69, 9.17) is 28.7 Å². The largest absolute Gasteiger partial charge is 0.497 e. The maximum absolute atomic E-state index is 14.2. The van der Waals surface area contributed by atoms with Crippen molar-refractivity contribution in [2.24, 2.45) is 0 Å². The topological polar surface area (TPSA) is 110 Å². The van der Waals surface area contributed by atoms with Gasteiger partial charge in [-0.2, -0.15) is 0 Å². The van der Waals surface area contributed by atoms with Gasteiger partial charge in [-0.1, -0.05) is 44.4 Å². The molecule has 0 aliphatic carbocycles. The molecule has 0 saturated heterocycles.